The summed E-state index contributed by atoms with van der Waals surface area (Å²) in [6.07, 6.45) is -4.80. The number of sulfonamides is 1. The third kappa shape index (κ3) is 4.26. The average Bonchev–Trinajstić information content (AvgIpc) is 2.59. The van der Waals surface area contributed by atoms with Crippen molar-refractivity contribution >= 4 is 33.2 Å². The van der Waals surface area contributed by atoms with Crippen molar-refractivity contribution in [2.75, 3.05) is 10.8 Å². The number of nitrogens with zero attached hydrogens (tertiary/aromatic N) is 1. The van der Waals surface area contributed by atoms with Crippen LogP contribution in [0.3, 0.4) is 0 Å². The Bertz CT molecular complexity index is 905. The molecule has 0 unspecified atom stereocenters. The Balaban J connectivity index is 2.62. The van der Waals surface area contributed by atoms with Crippen LogP contribution in [0.25, 0.3) is 0 Å². The van der Waals surface area contributed by atoms with Gasteiger partial charge < -0.3 is 0 Å². The first-order chi connectivity index (χ1) is 12.1. The van der Waals surface area contributed by atoms with Gasteiger partial charge in [0.15, 0.2) is 0 Å². The van der Waals surface area contributed by atoms with Crippen molar-refractivity contribution < 1.29 is 26.4 Å². The number of alkyl halides is 3. The number of amides is 1. The van der Waals surface area contributed by atoms with Gasteiger partial charge in [0.1, 0.15) is 6.54 Å². The van der Waals surface area contributed by atoms with Crippen molar-refractivity contribution in [3.05, 3.63) is 59.1 Å². The second-order valence-corrected chi connectivity index (χ2v) is 7.32. The highest BCUT2D eigenvalue weighted by Crippen LogP contribution is 2.37. The van der Waals surface area contributed by atoms with Gasteiger partial charge in [0.25, 0.3) is 15.9 Å². The average molecular weight is 408 g/mol. The quantitative estimate of drug-likeness (QED) is 0.452. The number of carbonyl (C=O) groups excluding carboxylic acids is 1. The number of rotatable bonds is 5. The fraction of sp³-hybridized carbons (Fsp3) is 0.133. The molecule has 1 amide bonds. The number of anilines is 1. The van der Waals surface area contributed by atoms with Gasteiger partial charge in [0, 0.05) is 0 Å². The molecule has 11 heteroatoms. The van der Waals surface area contributed by atoms with Gasteiger partial charge in [-0.2, -0.15) is 13.2 Å². The van der Waals surface area contributed by atoms with Gasteiger partial charge >= 0.3 is 6.18 Å². The summed E-state index contributed by atoms with van der Waals surface area (Å²) in [5.74, 6) is 4.07. The number of hydrazine groups is 1. The molecule has 0 aliphatic carbocycles. The minimum Gasteiger partial charge on any atom is -0.293 e. The minimum absolute atomic E-state index is 0.201. The molecule has 2 aromatic rings. The van der Waals surface area contributed by atoms with Crippen molar-refractivity contribution in [3.8, 4) is 0 Å². The topological polar surface area (TPSA) is 92.5 Å². The number of hydrogen-bond donors (Lipinski definition) is 2. The van der Waals surface area contributed by atoms with Crippen LogP contribution < -0.4 is 15.6 Å². The standard InChI is InChI=1S/C15H13ClF3N3O3S/c16-13-7-6-10(8-12(13)15(17,18)19)22(9-14(23)21-20)26(24,25)11-4-2-1-3-5-11/h1-8H,9,20H2,(H,21,23). The lowest BCUT2D eigenvalue weighted by Crippen LogP contribution is -2.43. The zero-order valence-corrected chi connectivity index (χ0v) is 14.6. The maximum Gasteiger partial charge on any atom is 0.417 e. The molecule has 2 rings (SSSR count). The van der Waals surface area contributed by atoms with Crippen LogP contribution in [-0.4, -0.2) is 20.9 Å². The van der Waals surface area contributed by atoms with Gasteiger partial charge in [-0.05, 0) is 30.3 Å². The second kappa shape index (κ2) is 7.52. The Kier molecular flexibility index (Phi) is 5.79. The van der Waals surface area contributed by atoms with E-state index in [0.717, 1.165) is 12.1 Å². The summed E-state index contributed by atoms with van der Waals surface area (Å²) in [5.41, 5.74) is 0.147. The lowest BCUT2D eigenvalue weighted by molar-refractivity contribution is -0.137. The Morgan fingerprint density at radius 2 is 1.77 bits per heavy atom. The molecule has 140 valence electrons. The number of benzene rings is 2. The normalized spacial score (nSPS) is 11.9. The van der Waals surface area contributed by atoms with Gasteiger partial charge in [0.05, 0.1) is 21.2 Å². The summed E-state index contributed by atoms with van der Waals surface area (Å²) in [6, 6.07) is 9.50. The highest BCUT2D eigenvalue weighted by Gasteiger charge is 2.35. The molecule has 26 heavy (non-hydrogen) atoms. The molecule has 0 aliphatic heterocycles. The molecule has 0 bridgehead atoms. The molecule has 6 nitrogen and oxygen atoms in total. The van der Waals surface area contributed by atoms with Crippen LogP contribution in [0.1, 0.15) is 5.56 Å². The highest BCUT2D eigenvalue weighted by molar-refractivity contribution is 7.92. The molecule has 0 atom stereocenters. The van der Waals surface area contributed by atoms with Crippen LogP contribution in [0.5, 0.6) is 0 Å². The molecule has 0 heterocycles. The monoisotopic (exact) mass is 407 g/mol. The van der Waals surface area contributed by atoms with Crippen LogP contribution in [0, 0.1) is 0 Å². The van der Waals surface area contributed by atoms with Crippen LogP contribution in [-0.2, 0) is 21.0 Å². The Labute approximate surface area is 152 Å². The maximum absolute atomic E-state index is 13.1. The van der Waals surface area contributed by atoms with E-state index in [2.05, 4.69) is 0 Å². The molecule has 0 radical (unpaired) electrons. The van der Waals surface area contributed by atoms with Crippen molar-refractivity contribution in [3.63, 3.8) is 0 Å². The summed E-state index contributed by atoms with van der Waals surface area (Å²) < 4.78 is 65.4. The van der Waals surface area contributed by atoms with Crippen molar-refractivity contribution in [1.29, 1.82) is 0 Å². The third-order valence-electron chi connectivity index (χ3n) is 3.32. The molecule has 0 aromatic heterocycles. The Morgan fingerprint density at radius 3 is 2.31 bits per heavy atom. The van der Waals surface area contributed by atoms with Crippen LogP contribution >= 0.6 is 11.6 Å². The smallest absolute Gasteiger partial charge is 0.293 e. The SMILES string of the molecule is NNC(=O)CN(c1ccc(Cl)c(C(F)(F)F)c1)S(=O)(=O)c1ccccc1. The summed E-state index contributed by atoms with van der Waals surface area (Å²) in [7, 11) is -4.33. The molecule has 0 fully saturated rings. The van der Waals surface area contributed by atoms with E-state index in [1.165, 1.54) is 24.3 Å². The molecular formula is C15H13ClF3N3O3S. The van der Waals surface area contributed by atoms with E-state index in [0.29, 0.717) is 10.4 Å². The molecule has 3 N–H and O–H groups in total. The van der Waals surface area contributed by atoms with Crippen LogP contribution in [0.15, 0.2) is 53.4 Å². The molecule has 0 saturated heterocycles. The van der Waals surface area contributed by atoms with Gasteiger partial charge in [-0.1, -0.05) is 29.8 Å². The highest BCUT2D eigenvalue weighted by atomic mass is 35.5. The van der Waals surface area contributed by atoms with E-state index in [9.17, 15) is 26.4 Å². The van der Waals surface area contributed by atoms with Gasteiger partial charge in [-0.15, -0.1) is 0 Å². The largest absolute Gasteiger partial charge is 0.417 e. The first-order valence-corrected chi connectivity index (χ1v) is 8.83. The van der Waals surface area contributed by atoms with Crippen molar-refractivity contribution in [2.45, 2.75) is 11.1 Å². The van der Waals surface area contributed by atoms with Crippen LogP contribution in [0.4, 0.5) is 18.9 Å². The van der Waals surface area contributed by atoms with Crippen LogP contribution in [0.2, 0.25) is 5.02 Å². The number of hydrogen-bond acceptors (Lipinski definition) is 4. The summed E-state index contributed by atoms with van der Waals surface area (Å²) in [6.45, 7) is -0.813. The minimum atomic E-state index is -4.80. The first kappa shape index (κ1) is 20.0. The Hall–Kier alpha value is -2.30. The molecule has 0 spiro atoms. The first-order valence-electron chi connectivity index (χ1n) is 7.01. The number of carbonyl (C=O) groups is 1. The number of nitrogens with two attached hydrogens (primary N) is 1. The molecule has 2 aromatic carbocycles. The fourth-order valence-corrected chi connectivity index (χ4v) is 3.76. The summed E-state index contributed by atoms with van der Waals surface area (Å²) in [4.78, 5) is 11.4. The van der Waals surface area contributed by atoms with E-state index < -0.39 is 39.2 Å². The number of nitrogens with one attached hydrogen (secondary N) is 1. The van der Waals surface area contributed by atoms with E-state index in [-0.39, 0.29) is 10.6 Å². The lowest BCUT2D eigenvalue weighted by Gasteiger charge is -2.24. The molecule has 0 saturated carbocycles. The van der Waals surface area contributed by atoms with Gasteiger partial charge in [0.2, 0.25) is 0 Å². The maximum atomic E-state index is 13.1. The van der Waals surface area contributed by atoms with E-state index in [1.807, 2.05) is 0 Å². The van der Waals surface area contributed by atoms with Crippen molar-refractivity contribution in [2.24, 2.45) is 5.84 Å². The lowest BCUT2D eigenvalue weighted by atomic mass is 10.2. The predicted molar refractivity (Wildman–Crippen MR) is 89.8 cm³/mol. The second-order valence-electron chi connectivity index (χ2n) is 5.05. The van der Waals surface area contributed by atoms with E-state index >= 15 is 0 Å². The Morgan fingerprint density at radius 1 is 1.15 bits per heavy atom. The van der Waals surface area contributed by atoms with E-state index in [4.69, 9.17) is 17.4 Å². The predicted octanol–water partition coefficient (Wildman–Crippen LogP) is 2.54. The van der Waals surface area contributed by atoms with Gasteiger partial charge in [-0.25, -0.2) is 14.3 Å². The molecular weight excluding hydrogens is 395 g/mol. The van der Waals surface area contributed by atoms with Gasteiger partial charge in [-0.3, -0.25) is 14.5 Å². The van der Waals surface area contributed by atoms with E-state index in [1.54, 1.807) is 11.5 Å². The summed E-state index contributed by atoms with van der Waals surface area (Å²) in [5, 5.41) is -0.596. The van der Waals surface area contributed by atoms with Crippen molar-refractivity contribution in [1.82, 2.24) is 5.43 Å². The number of halogens is 4. The zero-order valence-electron chi connectivity index (χ0n) is 13.0. The fourth-order valence-electron chi connectivity index (χ4n) is 2.10. The molecule has 0 aliphatic rings. The summed E-state index contributed by atoms with van der Waals surface area (Å²) >= 11 is 5.56. The zero-order chi connectivity index (χ0) is 19.5. The third-order valence-corrected chi connectivity index (χ3v) is 5.44.